The highest BCUT2D eigenvalue weighted by atomic mass is 16.5. The summed E-state index contributed by atoms with van der Waals surface area (Å²) in [5.41, 5.74) is 2.58. The monoisotopic (exact) mass is 406 g/mol. The van der Waals surface area contributed by atoms with Crippen LogP contribution in [0.1, 0.15) is 5.56 Å². The fourth-order valence-corrected chi connectivity index (χ4v) is 3.45. The Morgan fingerprint density at radius 2 is 2.00 bits per heavy atom. The van der Waals surface area contributed by atoms with E-state index in [1.54, 1.807) is 19.2 Å². The quantitative estimate of drug-likeness (QED) is 0.473. The van der Waals surface area contributed by atoms with Crippen LogP contribution in [0.4, 0.5) is 5.69 Å². The van der Waals surface area contributed by atoms with E-state index in [0.29, 0.717) is 17.9 Å². The Hall–Kier alpha value is -3.58. The smallest absolute Gasteiger partial charge is 0.336 e. The molecule has 2 heterocycles. The average molecular weight is 406 g/mol. The molecule has 1 amide bonds. The average Bonchev–Trinajstić information content (AvgIpc) is 3.14. The number of methoxy groups -OCH3 is 1. The lowest BCUT2D eigenvalue weighted by molar-refractivity contribution is -0.118. The third kappa shape index (κ3) is 4.06. The van der Waals surface area contributed by atoms with Gasteiger partial charge >= 0.3 is 5.63 Å². The van der Waals surface area contributed by atoms with E-state index in [0.717, 1.165) is 34.1 Å². The molecule has 2 aromatic carbocycles. The van der Waals surface area contributed by atoms with Crippen molar-refractivity contribution in [3.05, 3.63) is 70.7 Å². The maximum absolute atomic E-state index is 12.4. The molecule has 0 unspecified atom stereocenters. The Morgan fingerprint density at radius 1 is 1.13 bits per heavy atom. The zero-order chi connectivity index (χ0) is 21.1. The first-order valence-electron chi connectivity index (χ1n) is 9.59. The van der Waals surface area contributed by atoms with Gasteiger partial charge in [0.15, 0.2) is 6.61 Å². The van der Waals surface area contributed by atoms with Gasteiger partial charge in [-0.05, 0) is 42.8 Å². The normalized spacial score (nSPS) is 11.1. The lowest BCUT2D eigenvalue weighted by atomic mass is 10.1. The zero-order valence-corrected chi connectivity index (χ0v) is 16.8. The van der Waals surface area contributed by atoms with Gasteiger partial charge in [0.1, 0.15) is 11.3 Å². The summed E-state index contributed by atoms with van der Waals surface area (Å²) in [6.07, 6.45) is 1.97. The molecule has 30 heavy (non-hydrogen) atoms. The summed E-state index contributed by atoms with van der Waals surface area (Å²) in [5.74, 6) is 0.174. The number of hydrogen-bond acceptors (Lipinski definition) is 5. The molecule has 7 nitrogen and oxygen atoms in total. The molecule has 154 valence electrons. The molecular formula is C23H22N2O5. The Balaban J connectivity index is 1.46. The largest absolute Gasteiger partial charge is 0.484 e. The van der Waals surface area contributed by atoms with Crippen molar-refractivity contribution in [2.75, 3.05) is 25.6 Å². The van der Waals surface area contributed by atoms with Gasteiger partial charge in [0.25, 0.3) is 5.91 Å². The highest BCUT2D eigenvalue weighted by molar-refractivity contribution is 6.02. The molecule has 0 aliphatic carbocycles. The summed E-state index contributed by atoms with van der Waals surface area (Å²) < 4.78 is 18.0. The van der Waals surface area contributed by atoms with Gasteiger partial charge in [-0.2, -0.15) is 0 Å². The van der Waals surface area contributed by atoms with Crippen molar-refractivity contribution in [2.45, 2.75) is 13.5 Å². The number of rotatable bonds is 7. The molecule has 0 aliphatic heterocycles. The summed E-state index contributed by atoms with van der Waals surface area (Å²) in [6.45, 7) is 3.02. The first-order valence-corrected chi connectivity index (χ1v) is 9.59. The summed E-state index contributed by atoms with van der Waals surface area (Å²) in [5, 5.41) is 4.68. The molecule has 2 aromatic heterocycles. The second-order valence-electron chi connectivity index (χ2n) is 6.98. The summed E-state index contributed by atoms with van der Waals surface area (Å²) in [6, 6.07) is 14.3. The third-order valence-corrected chi connectivity index (χ3v) is 4.92. The number of carbonyl (C=O) groups is 1. The lowest BCUT2D eigenvalue weighted by Gasteiger charge is -2.10. The van der Waals surface area contributed by atoms with Crippen molar-refractivity contribution >= 4 is 33.5 Å². The molecule has 0 aliphatic rings. The molecule has 1 N–H and O–H groups in total. The molecule has 0 atom stereocenters. The van der Waals surface area contributed by atoms with E-state index in [2.05, 4.69) is 9.88 Å². The van der Waals surface area contributed by atoms with Crippen molar-refractivity contribution in [2.24, 2.45) is 0 Å². The van der Waals surface area contributed by atoms with Gasteiger partial charge in [0, 0.05) is 42.8 Å². The maximum Gasteiger partial charge on any atom is 0.336 e. The van der Waals surface area contributed by atoms with E-state index >= 15 is 0 Å². The van der Waals surface area contributed by atoms with Gasteiger partial charge < -0.3 is 23.8 Å². The van der Waals surface area contributed by atoms with Gasteiger partial charge in [-0.25, -0.2) is 4.79 Å². The highest BCUT2D eigenvalue weighted by Gasteiger charge is 2.10. The number of ether oxygens (including phenoxy) is 2. The summed E-state index contributed by atoms with van der Waals surface area (Å²) in [4.78, 5) is 24.0. The van der Waals surface area contributed by atoms with E-state index in [1.165, 1.54) is 6.07 Å². The van der Waals surface area contributed by atoms with E-state index in [-0.39, 0.29) is 12.5 Å². The standard InChI is InChI=1S/C23H22N2O5/c1-15-12-23(27)30-21-13-16(6-7-17(15)21)29-14-22(26)24-19-4-3-5-20-18(19)8-9-25(20)10-11-28-2/h3-9,12-13H,10-11,14H2,1-2H3,(H,24,26). The second kappa shape index (κ2) is 8.42. The van der Waals surface area contributed by atoms with Crippen LogP contribution < -0.4 is 15.7 Å². The highest BCUT2D eigenvalue weighted by Crippen LogP contribution is 2.25. The fraction of sp³-hybridized carbons (Fsp3) is 0.217. The number of benzene rings is 2. The molecule has 0 saturated heterocycles. The fourth-order valence-electron chi connectivity index (χ4n) is 3.45. The number of carbonyl (C=O) groups excluding carboxylic acids is 1. The van der Waals surface area contributed by atoms with Crippen LogP contribution in [-0.2, 0) is 16.1 Å². The molecule has 0 bridgehead atoms. The van der Waals surface area contributed by atoms with Crippen LogP contribution in [0.25, 0.3) is 21.9 Å². The molecule has 0 spiro atoms. The molecule has 0 saturated carbocycles. The van der Waals surface area contributed by atoms with Crippen molar-refractivity contribution < 1.29 is 18.7 Å². The minimum atomic E-state index is -0.416. The van der Waals surface area contributed by atoms with Crippen molar-refractivity contribution in [3.63, 3.8) is 0 Å². The van der Waals surface area contributed by atoms with E-state index in [9.17, 15) is 9.59 Å². The van der Waals surface area contributed by atoms with Crippen LogP contribution in [0.2, 0.25) is 0 Å². The summed E-state index contributed by atoms with van der Waals surface area (Å²) >= 11 is 0. The van der Waals surface area contributed by atoms with Crippen molar-refractivity contribution in [1.29, 1.82) is 0 Å². The van der Waals surface area contributed by atoms with Gasteiger partial charge in [-0.1, -0.05) is 6.07 Å². The number of amides is 1. The minimum Gasteiger partial charge on any atom is -0.484 e. The topological polar surface area (TPSA) is 82.7 Å². The molecule has 0 fully saturated rings. The Bertz CT molecular complexity index is 1270. The van der Waals surface area contributed by atoms with Crippen molar-refractivity contribution in [3.8, 4) is 5.75 Å². The Kier molecular flexibility index (Phi) is 5.54. The third-order valence-electron chi connectivity index (χ3n) is 4.92. The number of nitrogens with one attached hydrogen (secondary N) is 1. The SMILES string of the molecule is COCCn1ccc2c(NC(=O)COc3ccc4c(C)cc(=O)oc4c3)cccc21. The van der Waals surface area contributed by atoms with Crippen LogP contribution >= 0.6 is 0 Å². The van der Waals surface area contributed by atoms with Crippen LogP contribution in [0, 0.1) is 6.92 Å². The number of anilines is 1. The number of nitrogens with zero attached hydrogens (tertiary/aromatic N) is 1. The number of hydrogen-bond donors (Lipinski definition) is 1. The van der Waals surface area contributed by atoms with Gasteiger partial charge in [0.2, 0.25) is 0 Å². The number of aromatic nitrogens is 1. The predicted molar refractivity (Wildman–Crippen MR) is 115 cm³/mol. The number of fused-ring (bicyclic) bond motifs is 2. The molecule has 7 heteroatoms. The predicted octanol–water partition coefficient (Wildman–Crippen LogP) is 3.72. The zero-order valence-electron chi connectivity index (χ0n) is 16.8. The van der Waals surface area contributed by atoms with Gasteiger partial charge in [0.05, 0.1) is 17.8 Å². The summed E-state index contributed by atoms with van der Waals surface area (Å²) in [7, 11) is 1.67. The van der Waals surface area contributed by atoms with Crippen LogP contribution in [-0.4, -0.2) is 30.8 Å². The Morgan fingerprint density at radius 3 is 2.83 bits per heavy atom. The van der Waals surface area contributed by atoms with Crippen LogP contribution in [0.3, 0.4) is 0 Å². The van der Waals surface area contributed by atoms with E-state index < -0.39 is 5.63 Å². The molecular weight excluding hydrogens is 384 g/mol. The van der Waals surface area contributed by atoms with E-state index in [1.807, 2.05) is 43.5 Å². The molecule has 0 radical (unpaired) electrons. The maximum atomic E-state index is 12.4. The van der Waals surface area contributed by atoms with Crippen LogP contribution in [0.5, 0.6) is 5.75 Å². The molecule has 4 aromatic rings. The minimum absolute atomic E-state index is 0.164. The number of aryl methyl sites for hydroxylation is 1. The molecule has 4 rings (SSSR count). The first-order chi connectivity index (χ1) is 14.5. The van der Waals surface area contributed by atoms with Gasteiger partial charge in [-0.15, -0.1) is 0 Å². The lowest BCUT2D eigenvalue weighted by Crippen LogP contribution is -2.20. The van der Waals surface area contributed by atoms with Gasteiger partial charge in [-0.3, -0.25) is 4.79 Å². The van der Waals surface area contributed by atoms with E-state index in [4.69, 9.17) is 13.9 Å². The Labute approximate surface area is 172 Å². The first kappa shape index (κ1) is 19.7. The second-order valence-corrected chi connectivity index (χ2v) is 6.98. The van der Waals surface area contributed by atoms with Crippen LogP contribution in [0.15, 0.2) is 63.9 Å². The van der Waals surface area contributed by atoms with Crippen molar-refractivity contribution in [1.82, 2.24) is 4.57 Å².